The van der Waals surface area contributed by atoms with E-state index in [9.17, 15) is 0 Å². The summed E-state index contributed by atoms with van der Waals surface area (Å²) in [6.07, 6.45) is 1.50. The first-order valence-corrected chi connectivity index (χ1v) is 1.41. The van der Waals surface area contributed by atoms with Gasteiger partial charge in [-0.25, -0.2) is 0 Å². The maximum Gasteiger partial charge on any atom is 1.00 e. The molecule has 1 rings (SSSR count). The number of rotatable bonds is 0. The molecule has 1 aliphatic heterocycles. The second-order valence-electron chi connectivity index (χ2n) is 0.743. The molecule has 3 nitrogen and oxygen atoms in total. The van der Waals surface area contributed by atoms with Gasteiger partial charge in [-0.15, -0.1) is 0 Å². The second kappa shape index (κ2) is 4.24. The maximum atomic E-state index is 3.68. The molecule has 0 spiro atoms. The molecule has 0 aromatic heterocycles. The van der Waals surface area contributed by atoms with Crippen LogP contribution in [-0.2, 0) is 0 Å². The Morgan fingerprint density at radius 1 is 1.83 bits per heavy atom. The zero-order valence-electron chi connectivity index (χ0n) is 3.68. The van der Waals surface area contributed by atoms with Crippen molar-refractivity contribution in [2.24, 2.45) is 5.10 Å². The van der Waals surface area contributed by atoms with E-state index in [1.54, 1.807) is 0 Å². The second-order valence-corrected chi connectivity index (χ2v) is 0.743. The Kier molecular flexibility index (Phi) is 5.00. The van der Waals surface area contributed by atoms with Gasteiger partial charge in [0.15, 0.2) is 0 Å². The molecule has 0 saturated carbocycles. The Labute approximate surface area is 85.4 Å². The molecule has 0 unspecified atom stereocenters. The molecule has 0 aromatic carbocycles. The molecule has 0 fully saturated rings. The minimum absolute atomic E-state index is 0. The van der Waals surface area contributed by atoms with Crippen LogP contribution in [0.4, 0.5) is 0 Å². The molecular weight excluding hydrogens is 152 g/mol. The van der Waals surface area contributed by atoms with E-state index in [1.165, 1.54) is 6.34 Å². The van der Waals surface area contributed by atoms with Gasteiger partial charge in [-0.1, -0.05) is 6.34 Å². The van der Waals surface area contributed by atoms with Crippen LogP contribution in [0.2, 0.25) is 0 Å². The molecule has 0 saturated heterocycles. The van der Waals surface area contributed by atoms with Gasteiger partial charge in [-0.2, -0.15) is 0 Å². The van der Waals surface area contributed by atoms with Crippen molar-refractivity contribution in [1.29, 1.82) is 0 Å². The van der Waals surface area contributed by atoms with Crippen molar-refractivity contribution in [1.82, 2.24) is 5.43 Å². The summed E-state index contributed by atoms with van der Waals surface area (Å²) in [6, 6.07) is 0. The van der Waals surface area contributed by atoms with Gasteiger partial charge >= 0.3 is 58.2 Å². The summed E-state index contributed by atoms with van der Waals surface area (Å²) in [5.41, 5.74) is 2.62. The molecule has 4 heteroatoms. The Balaban J connectivity index is 0.000000250. The van der Waals surface area contributed by atoms with E-state index < -0.39 is 0 Å². The smallest absolute Gasteiger partial charge is 0.453 e. The van der Waals surface area contributed by atoms with Crippen LogP contribution >= 0.6 is 0 Å². The fourth-order valence-electron chi connectivity index (χ4n) is 0.204. The minimum atomic E-state index is 0. The molecule has 0 bridgehead atoms. The van der Waals surface area contributed by atoms with Crippen molar-refractivity contribution in [2.75, 3.05) is 6.67 Å². The Morgan fingerprint density at radius 3 is 2.83 bits per heavy atom. The topological polar surface area (TPSA) is 38.5 Å². The fourth-order valence-corrected chi connectivity index (χ4v) is 0.204. The molecule has 1 N–H and O–H groups in total. The van der Waals surface area contributed by atoms with Crippen LogP contribution < -0.4 is 63.6 Å². The van der Waals surface area contributed by atoms with Crippen LogP contribution in [0, 0.1) is 0 Å². The van der Waals surface area contributed by atoms with Gasteiger partial charge in [0.1, 0.15) is 0 Å². The molecule has 0 aliphatic carbocycles. The first-order valence-electron chi connectivity index (χ1n) is 1.41. The third-order valence-electron chi connectivity index (χ3n) is 0.393. The third-order valence-corrected chi connectivity index (χ3v) is 0.393. The molecule has 0 radical (unpaired) electrons. The van der Waals surface area contributed by atoms with Gasteiger partial charge in [-0.3, -0.25) is 0 Å². The zero-order valence-corrected chi connectivity index (χ0v) is 8.59. The van der Waals surface area contributed by atoms with Gasteiger partial charge in [0.25, 0.3) is 0 Å². The summed E-state index contributed by atoms with van der Waals surface area (Å²) >= 11 is 0. The van der Waals surface area contributed by atoms with Crippen LogP contribution in [0.3, 0.4) is 0 Å². The summed E-state index contributed by atoms with van der Waals surface area (Å²) in [4.78, 5) is 0. The molecule has 1 heterocycles. The van der Waals surface area contributed by atoms with Crippen molar-refractivity contribution >= 4 is 6.34 Å². The average Bonchev–Trinajstić information content (AvgIpc) is 1.76. The van der Waals surface area contributed by atoms with Gasteiger partial charge < -0.3 is 15.8 Å². The zero-order chi connectivity index (χ0) is 3.54. The molecule has 0 aromatic rings. The summed E-state index contributed by atoms with van der Waals surface area (Å²) in [6.45, 7) is 0.653. The molecule has 0 atom stereocenters. The van der Waals surface area contributed by atoms with Gasteiger partial charge in [-0.05, 0) is 0 Å². The Hall–Kier alpha value is 1.08. The molecule has 28 valence electrons. The number of nitrogens with zero attached hydrogens (tertiary/aromatic N) is 2. The van der Waals surface area contributed by atoms with Crippen LogP contribution in [0.25, 0.3) is 5.32 Å². The quantitative estimate of drug-likeness (QED) is 0.395. The minimum Gasteiger partial charge on any atom is -0.453 e. The predicted molar refractivity (Wildman–Crippen MR) is 19.9 cm³/mol. The standard InChI is InChI=1S/C2H4N3.Rb/c1-3-2-5-4-1;/h1,5H,2H2;/q-1;+1. The van der Waals surface area contributed by atoms with Crippen molar-refractivity contribution in [3.05, 3.63) is 5.32 Å². The van der Waals surface area contributed by atoms with E-state index in [1.807, 2.05) is 0 Å². The van der Waals surface area contributed by atoms with E-state index >= 15 is 0 Å². The largest absolute Gasteiger partial charge is 1.00 e. The van der Waals surface area contributed by atoms with Crippen molar-refractivity contribution in [3.8, 4) is 0 Å². The summed E-state index contributed by atoms with van der Waals surface area (Å²) in [5, 5.41) is 7.22. The molecule has 1 aliphatic rings. The molecular formula is C2H4N3Rb. The van der Waals surface area contributed by atoms with Crippen LogP contribution in [0.15, 0.2) is 5.10 Å². The Bertz CT molecular complexity index is 46.8. The van der Waals surface area contributed by atoms with E-state index in [-0.39, 0.29) is 58.2 Å². The number of nitrogens with one attached hydrogen (secondary N) is 1. The van der Waals surface area contributed by atoms with Crippen LogP contribution in [0.1, 0.15) is 0 Å². The summed E-state index contributed by atoms with van der Waals surface area (Å²) in [5.74, 6) is 0. The monoisotopic (exact) mass is 155 g/mol. The van der Waals surface area contributed by atoms with Crippen LogP contribution in [-0.4, -0.2) is 13.0 Å². The van der Waals surface area contributed by atoms with E-state index in [2.05, 4.69) is 15.8 Å². The number of hydrogen-bond donors (Lipinski definition) is 1. The normalized spacial score (nSPS) is 14.7. The number of hydrazone groups is 1. The van der Waals surface area contributed by atoms with Crippen molar-refractivity contribution < 1.29 is 58.2 Å². The number of hydrogen-bond acceptors (Lipinski definition) is 2. The predicted octanol–water partition coefficient (Wildman–Crippen LogP) is -3.13. The molecule has 6 heavy (non-hydrogen) atoms. The van der Waals surface area contributed by atoms with E-state index in [0.29, 0.717) is 6.67 Å². The first-order chi connectivity index (χ1) is 2.50. The summed E-state index contributed by atoms with van der Waals surface area (Å²) in [7, 11) is 0. The SMILES string of the molecule is C1=NNC[N-]1.[Rb+]. The van der Waals surface area contributed by atoms with Crippen molar-refractivity contribution in [2.45, 2.75) is 0 Å². The van der Waals surface area contributed by atoms with Crippen LogP contribution in [0.5, 0.6) is 0 Å². The van der Waals surface area contributed by atoms with E-state index in [0.717, 1.165) is 0 Å². The fraction of sp³-hybridized carbons (Fsp3) is 0.500. The maximum absolute atomic E-state index is 3.68. The van der Waals surface area contributed by atoms with Gasteiger partial charge in [0, 0.05) is 6.67 Å². The Morgan fingerprint density at radius 2 is 2.67 bits per heavy atom. The van der Waals surface area contributed by atoms with E-state index in [4.69, 9.17) is 0 Å². The van der Waals surface area contributed by atoms with Crippen molar-refractivity contribution in [3.63, 3.8) is 0 Å². The summed E-state index contributed by atoms with van der Waals surface area (Å²) < 4.78 is 0. The third kappa shape index (κ3) is 2.28. The molecule has 0 amide bonds. The first kappa shape index (κ1) is 7.08. The van der Waals surface area contributed by atoms with Gasteiger partial charge in [0.2, 0.25) is 0 Å². The average molecular weight is 156 g/mol. The van der Waals surface area contributed by atoms with Gasteiger partial charge in [0.05, 0.1) is 0 Å².